The second kappa shape index (κ2) is 6.81. The Morgan fingerprint density at radius 2 is 2.00 bits per heavy atom. The van der Waals surface area contributed by atoms with E-state index in [4.69, 9.17) is 23.2 Å². The van der Waals surface area contributed by atoms with Crippen LogP contribution in [0.2, 0.25) is 10.0 Å². The van der Waals surface area contributed by atoms with E-state index < -0.39 is 0 Å². The Kier molecular flexibility index (Phi) is 6.04. The topological polar surface area (TPSA) is 15.3 Å². The zero-order valence-electron chi connectivity index (χ0n) is 9.75. The summed E-state index contributed by atoms with van der Waals surface area (Å²) >= 11 is 12.3. The highest BCUT2D eigenvalue weighted by atomic mass is 35.5. The molecule has 0 saturated carbocycles. The number of hydrogen-bond donors (Lipinski definition) is 1. The highest BCUT2D eigenvalue weighted by molar-refractivity contribution is 6.35. The Morgan fingerprint density at radius 3 is 2.53 bits per heavy atom. The molecular weight excluding hydrogens is 279 g/mol. The Morgan fingerprint density at radius 1 is 1.35 bits per heavy atom. The first-order chi connectivity index (χ1) is 7.68. The highest BCUT2D eigenvalue weighted by Gasteiger charge is 2.20. The summed E-state index contributed by atoms with van der Waals surface area (Å²) in [4.78, 5) is 2.31. The minimum absolute atomic E-state index is 0. The molecule has 1 aliphatic heterocycles. The van der Waals surface area contributed by atoms with Gasteiger partial charge in [0.25, 0.3) is 0 Å². The number of nitrogens with zero attached hydrogens (tertiary/aromatic N) is 1. The van der Waals surface area contributed by atoms with Crippen LogP contribution in [-0.4, -0.2) is 31.1 Å². The fourth-order valence-corrected chi connectivity index (χ4v) is 2.59. The molecule has 1 fully saturated rings. The van der Waals surface area contributed by atoms with Gasteiger partial charge in [0.05, 0.1) is 0 Å². The standard InChI is InChI=1S/C12H16Cl2N2.ClH/c1-16(9-5-6-15-7-9)8-10-11(13)3-2-4-12(10)14;/h2-4,9,15H,5-8H2,1H3;1H. The van der Waals surface area contributed by atoms with Crippen LogP contribution >= 0.6 is 35.6 Å². The Balaban J connectivity index is 0.00000144. The molecule has 1 aliphatic rings. The third-order valence-electron chi connectivity index (χ3n) is 3.13. The van der Waals surface area contributed by atoms with E-state index in [0.29, 0.717) is 6.04 Å². The van der Waals surface area contributed by atoms with Gasteiger partial charge < -0.3 is 5.32 Å². The SMILES string of the molecule is CN(Cc1c(Cl)cccc1Cl)C1CCNC1.Cl. The van der Waals surface area contributed by atoms with Gasteiger partial charge in [0.15, 0.2) is 0 Å². The number of likely N-dealkylation sites (N-methyl/N-ethyl adjacent to an activating group) is 1. The van der Waals surface area contributed by atoms with E-state index in [2.05, 4.69) is 17.3 Å². The van der Waals surface area contributed by atoms with Gasteiger partial charge in [-0.25, -0.2) is 0 Å². The summed E-state index contributed by atoms with van der Waals surface area (Å²) in [5.74, 6) is 0. The first-order valence-electron chi connectivity index (χ1n) is 5.52. The van der Waals surface area contributed by atoms with Gasteiger partial charge in [-0.1, -0.05) is 29.3 Å². The minimum atomic E-state index is 0. The average molecular weight is 296 g/mol. The maximum Gasteiger partial charge on any atom is 0.0465 e. The van der Waals surface area contributed by atoms with Crippen LogP contribution in [0, 0.1) is 0 Å². The third-order valence-corrected chi connectivity index (χ3v) is 3.84. The van der Waals surface area contributed by atoms with Gasteiger partial charge in [-0.2, -0.15) is 0 Å². The van der Waals surface area contributed by atoms with Crippen molar-refractivity contribution in [3.8, 4) is 0 Å². The molecule has 0 amide bonds. The van der Waals surface area contributed by atoms with Crippen LogP contribution < -0.4 is 5.32 Å². The molecule has 1 heterocycles. The summed E-state index contributed by atoms with van der Waals surface area (Å²) in [6, 6.07) is 6.26. The Labute approximate surface area is 119 Å². The van der Waals surface area contributed by atoms with Crippen LogP contribution in [0.5, 0.6) is 0 Å². The summed E-state index contributed by atoms with van der Waals surface area (Å²) in [7, 11) is 2.12. The molecule has 0 aliphatic carbocycles. The number of benzene rings is 1. The van der Waals surface area contributed by atoms with Crippen molar-refractivity contribution in [1.29, 1.82) is 0 Å². The Bertz CT molecular complexity index is 345. The Hall–Kier alpha value is 0.01000. The molecule has 1 atom stereocenters. The minimum Gasteiger partial charge on any atom is -0.315 e. The number of nitrogens with one attached hydrogen (secondary N) is 1. The van der Waals surface area contributed by atoms with E-state index in [1.807, 2.05) is 18.2 Å². The molecule has 5 heteroatoms. The number of hydrogen-bond acceptors (Lipinski definition) is 2. The first-order valence-corrected chi connectivity index (χ1v) is 6.28. The molecule has 17 heavy (non-hydrogen) atoms. The lowest BCUT2D eigenvalue weighted by atomic mass is 10.1. The fourth-order valence-electron chi connectivity index (χ4n) is 2.08. The van der Waals surface area contributed by atoms with Crippen LogP contribution in [0.25, 0.3) is 0 Å². The van der Waals surface area contributed by atoms with Crippen LogP contribution in [0.3, 0.4) is 0 Å². The lowest BCUT2D eigenvalue weighted by Gasteiger charge is -2.24. The molecule has 0 spiro atoms. The van der Waals surface area contributed by atoms with Crippen molar-refractivity contribution in [3.63, 3.8) is 0 Å². The smallest absolute Gasteiger partial charge is 0.0465 e. The maximum absolute atomic E-state index is 6.15. The van der Waals surface area contributed by atoms with E-state index >= 15 is 0 Å². The van der Waals surface area contributed by atoms with Gasteiger partial charge in [-0.15, -0.1) is 12.4 Å². The second-order valence-corrected chi connectivity index (χ2v) is 5.08. The monoisotopic (exact) mass is 294 g/mol. The second-order valence-electron chi connectivity index (χ2n) is 4.26. The van der Waals surface area contributed by atoms with Gasteiger partial charge >= 0.3 is 0 Å². The summed E-state index contributed by atoms with van der Waals surface area (Å²) in [5.41, 5.74) is 1.03. The van der Waals surface area contributed by atoms with E-state index in [-0.39, 0.29) is 12.4 Å². The van der Waals surface area contributed by atoms with Crippen LogP contribution in [0.1, 0.15) is 12.0 Å². The van der Waals surface area contributed by atoms with E-state index in [1.54, 1.807) is 0 Å². The molecule has 1 unspecified atom stereocenters. The average Bonchev–Trinajstić information content (AvgIpc) is 2.76. The molecule has 1 N–H and O–H groups in total. The molecule has 0 bridgehead atoms. The van der Waals surface area contributed by atoms with Crippen molar-refractivity contribution >= 4 is 35.6 Å². The normalized spacial score (nSPS) is 19.4. The summed E-state index contributed by atoms with van der Waals surface area (Å²) < 4.78 is 0. The van der Waals surface area contributed by atoms with Crippen molar-refractivity contribution < 1.29 is 0 Å². The van der Waals surface area contributed by atoms with Crippen molar-refractivity contribution in [3.05, 3.63) is 33.8 Å². The molecule has 0 radical (unpaired) electrons. The third kappa shape index (κ3) is 3.73. The molecule has 2 nitrogen and oxygen atoms in total. The van der Waals surface area contributed by atoms with Gasteiger partial charge in [0.2, 0.25) is 0 Å². The van der Waals surface area contributed by atoms with Crippen molar-refractivity contribution in [2.45, 2.75) is 19.0 Å². The van der Waals surface area contributed by atoms with E-state index in [1.165, 1.54) is 6.42 Å². The van der Waals surface area contributed by atoms with Gasteiger partial charge in [0.1, 0.15) is 0 Å². The summed E-state index contributed by atoms with van der Waals surface area (Å²) in [5, 5.41) is 4.87. The number of halogens is 3. The van der Waals surface area contributed by atoms with E-state index in [9.17, 15) is 0 Å². The predicted molar refractivity (Wildman–Crippen MR) is 76.5 cm³/mol. The van der Waals surface area contributed by atoms with Crippen LogP contribution in [0.15, 0.2) is 18.2 Å². The number of rotatable bonds is 3. The zero-order valence-corrected chi connectivity index (χ0v) is 12.1. The molecule has 1 saturated heterocycles. The summed E-state index contributed by atoms with van der Waals surface area (Å²) in [6.07, 6.45) is 1.19. The predicted octanol–water partition coefficient (Wildman–Crippen LogP) is 3.21. The van der Waals surface area contributed by atoms with Crippen molar-refractivity contribution in [1.82, 2.24) is 10.2 Å². The zero-order chi connectivity index (χ0) is 11.5. The molecular formula is C12H17Cl3N2. The molecule has 0 aromatic heterocycles. The fraction of sp³-hybridized carbons (Fsp3) is 0.500. The van der Waals surface area contributed by atoms with Gasteiger partial charge in [-0.05, 0) is 32.1 Å². The molecule has 1 aromatic rings. The highest BCUT2D eigenvalue weighted by Crippen LogP contribution is 2.26. The van der Waals surface area contributed by atoms with E-state index in [0.717, 1.165) is 35.2 Å². The first kappa shape index (κ1) is 15.1. The largest absolute Gasteiger partial charge is 0.315 e. The van der Waals surface area contributed by atoms with Crippen LogP contribution in [0.4, 0.5) is 0 Å². The molecule has 96 valence electrons. The lowest BCUT2D eigenvalue weighted by Crippen LogP contribution is -2.33. The van der Waals surface area contributed by atoms with Crippen LogP contribution in [-0.2, 0) is 6.54 Å². The molecule has 1 aromatic carbocycles. The maximum atomic E-state index is 6.15. The lowest BCUT2D eigenvalue weighted by molar-refractivity contribution is 0.249. The van der Waals surface area contributed by atoms with Crippen molar-refractivity contribution in [2.24, 2.45) is 0 Å². The summed E-state index contributed by atoms with van der Waals surface area (Å²) in [6.45, 7) is 2.97. The van der Waals surface area contributed by atoms with Gasteiger partial charge in [0, 0.05) is 34.7 Å². The quantitative estimate of drug-likeness (QED) is 0.921. The van der Waals surface area contributed by atoms with Crippen molar-refractivity contribution in [2.75, 3.05) is 20.1 Å². The molecule has 2 rings (SSSR count). The van der Waals surface area contributed by atoms with Gasteiger partial charge in [-0.3, -0.25) is 4.90 Å².